The number of phenols is 2. The van der Waals surface area contributed by atoms with Gasteiger partial charge in [-0.1, -0.05) is 12.6 Å². The zero-order valence-corrected chi connectivity index (χ0v) is 12.5. The van der Waals surface area contributed by atoms with E-state index in [1.165, 1.54) is 12.1 Å². The fourth-order valence-corrected chi connectivity index (χ4v) is 3.14. The van der Waals surface area contributed by atoms with Crippen molar-refractivity contribution in [2.45, 2.75) is 19.4 Å². The maximum Gasteiger partial charge on any atom is 0.201 e. The van der Waals surface area contributed by atoms with E-state index in [4.69, 9.17) is 4.74 Å². The summed E-state index contributed by atoms with van der Waals surface area (Å²) >= 11 is 0. The number of phenolic OH excluding ortho intramolecular Hbond substituents is 2. The van der Waals surface area contributed by atoms with Crippen LogP contribution in [0.15, 0.2) is 41.2 Å². The zero-order chi connectivity index (χ0) is 16.3. The molecule has 5 nitrogen and oxygen atoms in total. The number of hydrogen-bond donors (Lipinski definition) is 3. The lowest BCUT2D eigenvalue weighted by molar-refractivity contribution is 0.270. The van der Waals surface area contributed by atoms with E-state index >= 15 is 0 Å². The highest BCUT2D eigenvalue weighted by atomic mass is 16.5. The molecule has 1 aliphatic heterocycles. The summed E-state index contributed by atoms with van der Waals surface area (Å²) in [5, 5.41) is 20.9. The number of rotatable bonds is 1. The Hall–Kier alpha value is -2.95. The molecule has 5 heteroatoms. The van der Waals surface area contributed by atoms with Crippen LogP contribution in [-0.4, -0.2) is 21.3 Å². The number of nitrogens with one attached hydrogen (secondary N) is 1. The van der Waals surface area contributed by atoms with Gasteiger partial charge < -0.3 is 19.9 Å². The summed E-state index contributed by atoms with van der Waals surface area (Å²) in [4.78, 5) is 15.8. The molecule has 0 saturated carbocycles. The number of fused-ring (bicyclic) bond motifs is 4. The Bertz CT molecular complexity index is 1050. The van der Waals surface area contributed by atoms with Gasteiger partial charge in [0.25, 0.3) is 0 Å². The summed E-state index contributed by atoms with van der Waals surface area (Å²) in [5.41, 5.74) is 2.23. The number of pyridine rings is 1. The van der Waals surface area contributed by atoms with Crippen LogP contribution in [0.3, 0.4) is 0 Å². The standard InChI is InChI=1S/C18H15NO4/c1-8(2)13-6-10-14(23-13)7-12(21)15-17(10)19-16-9(18(15)22)4-3-5-11(16)20/h3-5,7,13,20-21H,1,6H2,2H3,(H,19,22)/t13-/m1/s1. The highest BCUT2D eigenvalue weighted by Gasteiger charge is 2.28. The summed E-state index contributed by atoms with van der Waals surface area (Å²) in [6.07, 6.45) is 0.384. The second-order valence-corrected chi connectivity index (χ2v) is 5.93. The van der Waals surface area contributed by atoms with Gasteiger partial charge >= 0.3 is 0 Å². The van der Waals surface area contributed by atoms with Gasteiger partial charge in [0.2, 0.25) is 5.43 Å². The van der Waals surface area contributed by atoms with Crippen molar-refractivity contribution in [2.75, 3.05) is 0 Å². The van der Waals surface area contributed by atoms with Crippen LogP contribution in [0.4, 0.5) is 0 Å². The maximum absolute atomic E-state index is 12.7. The molecule has 0 unspecified atom stereocenters. The molecular formula is C18H15NO4. The molecule has 1 atom stereocenters. The van der Waals surface area contributed by atoms with Crippen LogP contribution in [0.25, 0.3) is 21.8 Å². The summed E-state index contributed by atoms with van der Waals surface area (Å²) in [6, 6.07) is 6.21. The van der Waals surface area contributed by atoms with Gasteiger partial charge in [-0.2, -0.15) is 0 Å². The van der Waals surface area contributed by atoms with Gasteiger partial charge in [-0.3, -0.25) is 4.79 Å². The molecule has 3 N–H and O–H groups in total. The van der Waals surface area contributed by atoms with Gasteiger partial charge in [-0.25, -0.2) is 0 Å². The monoisotopic (exact) mass is 309 g/mol. The van der Waals surface area contributed by atoms with E-state index in [-0.39, 0.29) is 28.4 Å². The first-order valence-corrected chi connectivity index (χ1v) is 7.32. The van der Waals surface area contributed by atoms with Crippen LogP contribution in [0.1, 0.15) is 12.5 Å². The molecule has 2 aromatic carbocycles. The van der Waals surface area contributed by atoms with Gasteiger partial charge in [0.1, 0.15) is 23.4 Å². The Morgan fingerprint density at radius 3 is 2.83 bits per heavy atom. The lowest BCUT2D eigenvalue weighted by Crippen LogP contribution is -2.13. The first-order chi connectivity index (χ1) is 11.0. The van der Waals surface area contributed by atoms with E-state index in [1.54, 1.807) is 12.1 Å². The predicted octanol–water partition coefficient (Wildman–Crippen LogP) is 2.97. The second kappa shape index (κ2) is 4.52. The van der Waals surface area contributed by atoms with Crippen molar-refractivity contribution in [3.8, 4) is 17.2 Å². The zero-order valence-electron chi connectivity index (χ0n) is 12.5. The van der Waals surface area contributed by atoms with Crippen LogP contribution in [0.5, 0.6) is 17.2 Å². The molecule has 1 aliphatic rings. The Labute approximate surface area is 131 Å². The Kier molecular flexibility index (Phi) is 2.69. The third-order valence-corrected chi connectivity index (χ3v) is 4.35. The molecule has 1 aromatic heterocycles. The molecule has 0 radical (unpaired) electrons. The van der Waals surface area contributed by atoms with E-state index in [0.717, 1.165) is 11.1 Å². The molecule has 0 amide bonds. The lowest BCUT2D eigenvalue weighted by atomic mass is 10.0. The summed E-state index contributed by atoms with van der Waals surface area (Å²) in [5.74, 6) is 0.398. The first-order valence-electron chi connectivity index (χ1n) is 7.32. The second-order valence-electron chi connectivity index (χ2n) is 5.93. The fraction of sp³-hybridized carbons (Fsp3) is 0.167. The molecule has 0 fully saturated rings. The molecule has 0 spiro atoms. The van der Waals surface area contributed by atoms with E-state index in [9.17, 15) is 15.0 Å². The Morgan fingerprint density at radius 2 is 2.09 bits per heavy atom. The van der Waals surface area contributed by atoms with Crippen molar-refractivity contribution in [1.82, 2.24) is 4.98 Å². The van der Waals surface area contributed by atoms with Crippen molar-refractivity contribution >= 4 is 21.8 Å². The van der Waals surface area contributed by atoms with Crippen molar-refractivity contribution in [3.05, 3.63) is 52.2 Å². The van der Waals surface area contributed by atoms with Gasteiger partial charge in [-0.05, 0) is 24.6 Å². The first kappa shape index (κ1) is 13.7. The van der Waals surface area contributed by atoms with Crippen molar-refractivity contribution in [1.29, 1.82) is 0 Å². The summed E-state index contributed by atoms with van der Waals surface area (Å²) in [6.45, 7) is 5.78. The number of para-hydroxylation sites is 1. The minimum absolute atomic E-state index is 0.00559. The molecule has 0 bridgehead atoms. The number of aromatic nitrogens is 1. The van der Waals surface area contributed by atoms with E-state index in [2.05, 4.69) is 11.6 Å². The highest BCUT2D eigenvalue weighted by Crippen LogP contribution is 2.40. The van der Waals surface area contributed by atoms with Gasteiger partial charge in [0.05, 0.1) is 21.8 Å². The molecule has 2 heterocycles. The Morgan fingerprint density at radius 1 is 1.30 bits per heavy atom. The van der Waals surface area contributed by atoms with Crippen LogP contribution < -0.4 is 10.2 Å². The molecular weight excluding hydrogens is 294 g/mol. The predicted molar refractivity (Wildman–Crippen MR) is 88.3 cm³/mol. The number of ether oxygens (including phenoxy) is 1. The summed E-state index contributed by atoms with van der Waals surface area (Å²) < 4.78 is 5.80. The Balaban J connectivity index is 2.14. The third-order valence-electron chi connectivity index (χ3n) is 4.35. The molecule has 0 saturated heterocycles. The minimum Gasteiger partial charge on any atom is -0.507 e. The van der Waals surface area contributed by atoms with Gasteiger partial charge in [-0.15, -0.1) is 0 Å². The molecule has 3 aromatic rings. The van der Waals surface area contributed by atoms with E-state index in [0.29, 0.717) is 28.6 Å². The van der Waals surface area contributed by atoms with E-state index < -0.39 is 0 Å². The smallest absolute Gasteiger partial charge is 0.201 e. The van der Waals surface area contributed by atoms with Crippen molar-refractivity contribution in [2.24, 2.45) is 0 Å². The number of aromatic hydroxyl groups is 2. The quantitative estimate of drug-likeness (QED) is 0.477. The number of hydrogen-bond acceptors (Lipinski definition) is 4. The van der Waals surface area contributed by atoms with Gasteiger partial charge in [0.15, 0.2) is 0 Å². The minimum atomic E-state index is -0.316. The summed E-state index contributed by atoms with van der Waals surface area (Å²) in [7, 11) is 0. The lowest BCUT2D eigenvalue weighted by Gasteiger charge is -2.09. The van der Waals surface area contributed by atoms with Crippen molar-refractivity contribution in [3.63, 3.8) is 0 Å². The number of H-pyrrole nitrogens is 1. The van der Waals surface area contributed by atoms with Crippen LogP contribution in [-0.2, 0) is 6.42 Å². The van der Waals surface area contributed by atoms with Crippen LogP contribution >= 0.6 is 0 Å². The highest BCUT2D eigenvalue weighted by molar-refractivity contribution is 6.00. The number of benzene rings is 2. The van der Waals surface area contributed by atoms with Crippen LogP contribution in [0, 0.1) is 0 Å². The molecule has 4 rings (SSSR count). The fourth-order valence-electron chi connectivity index (χ4n) is 3.14. The largest absolute Gasteiger partial charge is 0.507 e. The third kappa shape index (κ3) is 1.83. The number of aromatic amines is 1. The van der Waals surface area contributed by atoms with E-state index in [1.807, 2.05) is 6.92 Å². The molecule has 23 heavy (non-hydrogen) atoms. The maximum atomic E-state index is 12.7. The average molecular weight is 309 g/mol. The van der Waals surface area contributed by atoms with Crippen LogP contribution in [0.2, 0.25) is 0 Å². The van der Waals surface area contributed by atoms with Gasteiger partial charge in [0, 0.05) is 18.1 Å². The molecule has 0 aliphatic carbocycles. The average Bonchev–Trinajstić information content (AvgIpc) is 2.92. The van der Waals surface area contributed by atoms with Crippen molar-refractivity contribution < 1.29 is 14.9 Å². The SMILES string of the molecule is C=C(C)[C@H]1Cc2c(cc(O)c3c(=O)c4cccc(O)c4[nH]c23)O1. The molecule has 116 valence electrons. The topological polar surface area (TPSA) is 82.5 Å². The normalized spacial score (nSPS) is 16.5.